The number of para-hydroxylation sites is 1. The predicted molar refractivity (Wildman–Crippen MR) is 84.2 cm³/mol. The van der Waals surface area contributed by atoms with E-state index in [-0.39, 0.29) is 5.41 Å². The summed E-state index contributed by atoms with van der Waals surface area (Å²) in [5.74, 6) is 1.47. The number of aromatic nitrogens is 5. The Kier molecular flexibility index (Phi) is 3.53. The largest absolute Gasteiger partial charge is 0.496 e. The minimum absolute atomic E-state index is 0.113. The third-order valence-corrected chi connectivity index (χ3v) is 3.98. The van der Waals surface area contributed by atoms with Crippen molar-refractivity contribution in [1.29, 1.82) is 0 Å². The van der Waals surface area contributed by atoms with Crippen LogP contribution in [-0.2, 0) is 11.3 Å². The molecule has 124 valence electrons. The normalized spacial score (nSPS) is 15.9. The van der Waals surface area contributed by atoms with Crippen LogP contribution in [0.15, 0.2) is 35.0 Å². The highest BCUT2D eigenvalue weighted by atomic mass is 16.5. The van der Waals surface area contributed by atoms with Crippen LogP contribution < -0.4 is 4.74 Å². The summed E-state index contributed by atoms with van der Waals surface area (Å²) in [5.41, 5.74) is 1.43. The number of rotatable bonds is 5. The van der Waals surface area contributed by atoms with Gasteiger partial charge in [0.15, 0.2) is 5.69 Å². The van der Waals surface area contributed by atoms with E-state index in [4.69, 9.17) is 14.0 Å². The van der Waals surface area contributed by atoms with Crippen molar-refractivity contribution < 1.29 is 14.0 Å². The van der Waals surface area contributed by atoms with Gasteiger partial charge in [0.05, 0.1) is 38.6 Å². The number of nitrogens with zero attached hydrogens (tertiary/aromatic N) is 5. The van der Waals surface area contributed by atoms with Gasteiger partial charge < -0.3 is 14.0 Å². The van der Waals surface area contributed by atoms with E-state index in [0.29, 0.717) is 23.2 Å². The molecule has 3 aromatic rings. The van der Waals surface area contributed by atoms with Crippen molar-refractivity contribution in [2.45, 2.75) is 13.5 Å². The zero-order valence-electron chi connectivity index (χ0n) is 13.5. The summed E-state index contributed by atoms with van der Waals surface area (Å²) in [6.45, 7) is 4.37. The molecule has 2 aromatic heterocycles. The zero-order chi connectivity index (χ0) is 16.6. The fourth-order valence-electron chi connectivity index (χ4n) is 2.67. The predicted octanol–water partition coefficient (Wildman–Crippen LogP) is 2.04. The van der Waals surface area contributed by atoms with Gasteiger partial charge in [-0.1, -0.05) is 29.4 Å². The van der Waals surface area contributed by atoms with E-state index < -0.39 is 0 Å². The van der Waals surface area contributed by atoms with Crippen LogP contribution in [0.1, 0.15) is 6.92 Å². The zero-order valence-corrected chi connectivity index (χ0v) is 13.5. The molecule has 0 N–H and O–H groups in total. The molecule has 24 heavy (non-hydrogen) atoms. The Labute approximate surface area is 138 Å². The molecule has 0 atom stereocenters. The topological polar surface area (TPSA) is 88.1 Å². The molecule has 0 spiro atoms. The van der Waals surface area contributed by atoms with Gasteiger partial charge in [0.2, 0.25) is 5.82 Å². The Hall–Kier alpha value is -2.74. The fraction of sp³-hybridized carbons (Fsp3) is 0.375. The lowest BCUT2D eigenvalue weighted by Gasteiger charge is -2.37. The molecular formula is C16H17N5O3. The molecule has 4 rings (SSSR count). The quantitative estimate of drug-likeness (QED) is 0.708. The lowest BCUT2D eigenvalue weighted by atomic mass is 9.89. The second-order valence-electron chi connectivity index (χ2n) is 6.23. The fourth-order valence-corrected chi connectivity index (χ4v) is 2.67. The summed E-state index contributed by atoms with van der Waals surface area (Å²) >= 11 is 0. The van der Waals surface area contributed by atoms with Crippen LogP contribution in [0.4, 0.5) is 0 Å². The van der Waals surface area contributed by atoms with Crippen LogP contribution in [0.2, 0.25) is 0 Å². The molecule has 0 radical (unpaired) electrons. The number of hydrogen-bond donors (Lipinski definition) is 0. The molecule has 1 aliphatic rings. The van der Waals surface area contributed by atoms with Crippen LogP contribution in [0.3, 0.4) is 0 Å². The first-order chi connectivity index (χ1) is 11.7. The maximum Gasteiger partial charge on any atom is 0.280 e. The van der Waals surface area contributed by atoms with E-state index in [2.05, 4.69) is 27.4 Å². The Balaban J connectivity index is 1.58. The average molecular weight is 327 g/mol. The molecular weight excluding hydrogens is 310 g/mol. The monoisotopic (exact) mass is 327 g/mol. The second kappa shape index (κ2) is 5.72. The third-order valence-electron chi connectivity index (χ3n) is 3.98. The highest BCUT2D eigenvalue weighted by Gasteiger charge is 2.34. The van der Waals surface area contributed by atoms with E-state index in [1.54, 1.807) is 11.8 Å². The van der Waals surface area contributed by atoms with Gasteiger partial charge in [-0.25, -0.2) is 0 Å². The Morgan fingerprint density at radius 3 is 2.88 bits per heavy atom. The standard InChI is InChI=1S/C16H17N5O3/c1-16(9-23-10-16)8-21-7-12(18-20-21)15-17-14(19-24-15)11-5-3-4-6-13(11)22-2/h3-7H,8-10H2,1-2H3. The first-order valence-electron chi connectivity index (χ1n) is 7.62. The lowest BCUT2D eigenvalue weighted by molar-refractivity contribution is -0.111. The molecule has 0 amide bonds. The summed E-state index contributed by atoms with van der Waals surface area (Å²) in [5, 5.41) is 12.3. The number of methoxy groups -OCH3 is 1. The summed E-state index contributed by atoms with van der Waals surface area (Å²) in [7, 11) is 1.61. The lowest BCUT2D eigenvalue weighted by Crippen LogP contribution is -2.43. The number of benzene rings is 1. The summed E-state index contributed by atoms with van der Waals surface area (Å²) < 4.78 is 17.7. The van der Waals surface area contributed by atoms with E-state index in [9.17, 15) is 0 Å². The molecule has 1 aromatic carbocycles. The van der Waals surface area contributed by atoms with Gasteiger partial charge in [-0.15, -0.1) is 5.10 Å². The highest BCUT2D eigenvalue weighted by molar-refractivity contribution is 5.64. The molecule has 3 heterocycles. The van der Waals surface area contributed by atoms with Crippen LogP contribution in [0.5, 0.6) is 5.75 Å². The molecule has 8 nitrogen and oxygen atoms in total. The van der Waals surface area contributed by atoms with Gasteiger partial charge in [-0.2, -0.15) is 4.98 Å². The Bertz CT molecular complexity index is 853. The summed E-state index contributed by atoms with van der Waals surface area (Å²) in [6, 6.07) is 7.51. The second-order valence-corrected chi connectivity index (χ2v) is 6.23. The van der Waals surface area contributed by atoms with Gasteiger partial charge in [-0.05, 0) is 12.1 Å². The van der Waals surface area contributed by atoms with Crippen LogP contribution >= 0.6 is 0 Å². The molecule has 8 heteroatoms. The van der Waals surface area contributed by atoms with Gasteiger partial charge in [-0.3, -0.25) is 4.68 Å². The van der Waals surface area contributed by atoms with E-state index in [1.165, 1.54) is 0 Å². The van der Waals surface area contributed by atoms with Crippen molar-refractivity contribution in [2.24, 2.45) is 5.41 Å². The van der Waals surface area contributed by atoms with Crippen LogP contribution in [0, 0.1) is 5.41 Å². The first kappa shape index (κ1) is 14.8. The molecule has 0 saturated carbocycles. The molecule has 1 saturated heterocycles. The molecule has 1 fully saturated rings. The number of hydrogen-bond acceptors (Lipinski definition) is 7. The smallest absolute Gasteiger partial charge is 0.280 e. The Morgan fingerprint density at radius 2 is 2.12 bits per heavy atom. The van der Waals surface area contributed by atoms with Crippen molar-refractivity contribution >= 4 is 0 Å². The third kappa shape index (κ3) is 2.65. The van der Waals surface area contributed by atoms with Gasteiger partial charge in [0.25, 0.3) is 5.89 Å². The van der Waals surface area contributed by atoms with Crippen LogP contribution in [0.25, 0.3) is 23.0 Å². The van der Waals surface area contributed by atoms with Crippen LogP contribution in [-0.4, -0.2) is 45.5 Å². The Morgan fingerprint density at radius 1 is 1.29 bits per heavy atom. The van der Waals surface area contributed by atoms with Crippen molar-refractivity contribution in [3.8, 4) is 28.7 Å². The van der Waals surface area contributed by atoms with Crippen molar-refractivity contribution in [3.05, 3.63) is 30.5 Å². The molecule has 0 bridgehead atoms. The molecule has 0 aliphatic carbocycles. The molecule has 0 unspecified atom stereocenters. The van der Waals surface area contributed by atoms with E-state index >= 15 is 0 Å². The van der Waals surface area contributed by atoms with Gasteiger partial charge in [0, 0.05) is 5.41 Å². The highest BCUT2D eigenvalue weighted by Crippen LogP contribution is 2.30. The maximum atomic E-state index is 5.33. The van der Waals surface area contributed by atoms with Crippen molar-refractivity contribution in [2.75, 3.05) is 20.3 Å². The van der Waals surface area contributed by atoms with Crippen molar-refractivity contribution in [3.63, 3.8) is 0 Å². The number of ether oxygens (including phenoxy) is 2. The minimum Gasteiger partial charge on any atom is -0.496 e. The minimum atomic E-state index is 0.113. The van der Waals surface area contributed by atoms with Crippen molar-refractivity contribution in [1.82, 2.24) is 25.1 Å². The van der Waals surface area contributed by atoms with Gasteiger partial charge in [0.1, 0.15) is 5.75 Å². The van der Waals surface area contributed by atoms with Gasteiger partial charge >= 0.3 is 0 Å². The molecule has 1 aliphatic heterocycles. The maximum absolute atomic E-state index is 5.33. The summed E-state index contributed by atoms with van der Waals surface area (Å²) in [6.07, 6.45) is 1.81. The SMILES string of the molecule is COc1ccccc1-c1noc(-c2cn(CC3(C)COC3)nn2)n1. The average Bonchev–Trinajstić information content (AvgIpc) is 3.22. The van der Waals surface area contributed by atoms with E-state index in [0.717, 1.165) is 25.3 Å². The summed E-state index contributed by atoms with van der Waals surface area (Å²) in [4.78, 5) is 4.41. The first-order valence-corrected chi connectivity index (χ1v) is 7.62. The van der Waals surface area contributed by atoms with E-state index in [1.807, 2.05) is 30.5 Å².